The van der Waals surface area contributed by atoms with Crippen LogP contribution in [0.3, 0.4) is 0 Å². The number of amides is 2. The number of hydrogen-bond donors (Lipinski definition) is 2. The smallest absolute Gasteiger partial charge is 0.271 e. The van der Waals surface area contributed by atoms with Crippen LogP contribution in [0.15, 0.2) is 65.8 Å². The summed E-state index contributed by atoms with van der Waals surface area (Å²) in [5, 5.41) is 6.69. The molecule has 0 aromatic heterocycles. The van der Waals surface area contributed by atoms with Crippen LogP contribution >= 0.6 is 45.2 Å². The van der Waals surface area contributed by atoms with Crippen molar-refractivity contribution in [3.05, 3.63) is 90.3 Å². The molecule has 3 aromatic rings. The van der Waals surface area contributed by atoms with Crippen molar-refractivity contribution in [2.75, 3.05) is 5.32 Å². The predicted octanol–water partition coefficient (Wildman–Crippen LogP) is 5.34. The second-order valence-electron chi connectivity index (χ2n) is 6.64. The third kappa shape index (κ3) is 6.73. The maximum absolute atomic E-state index is 13.9. The number of benzene rings is 3. The second kappa shape index (κ2) is 11.4. The Kier molecular flexibility index (Phi) is 8.56. The Morgan fingerprint density at radius 2 is 1.81 bits per heavy atom. The molecule has 2 N–H and O–H groups in total. The molecule has 0 aliphatic heterocycles. The van der Waals surface area contributed by atoms with Crippen LogP contribution in [0, 0.1) is 13.0 Å². The molecule has 32 heavy (non-hydrogen) atoms. The van der Waals surface area contributed by atoms with Gasteiger partial charge in [0.25, 0.3) is 5.91 Å². The fraction of sp³-hybridized carbons (Fsp3) is 0.0870. The molecule has 0 aliphatic rings. The number of nitrogens with one attached hydrogen (secondary N) is 2. The van der Waals surface area contributed by atoms with Gasteiger partial charge in [-0.2, -0.15) is 5.10 Å². The van der Waals surface area contributed by atoms with Gasteiger partial charge in [-0.1, -0.05) is 18.2 Å². The van der Waals surface area contributed by atoms with E-state index in [4.69, 9.17) is 4.74 Å². The highest BCUT2D eigenvalue weighted by molar-refractivity contribution is 14.1. The van der Waals surface area contributed by atoms with Crippen molar-refractivity contribution in [2.24, 2.45) is 5.10 Å². The molecule has 0 saturated heterocycles. The summed E-state index contributed by atoms with van der Waals surface area (Å²) in [5.74, 6) is -0.372. The summed E-state index contributed by atoms with van der Waals surface area (Å²) in [6.07, 6.45) is 1.49. The number of halogens is 3. The molecule has 0 saturated carbocycles. The maximum Gasteiger partial charge on any atom is 0.271 e. The molecule has 0 heterocycles. The van der Waals surface area contributed by atoms with E-state index in [0.717, 1.165) is 7.14 Å². The van der Waals surface area contributed by atoms with Crippen molar-refractivity contribution in [3.8, 4) is 5.75 Å². The molecule has 164 valence electrons. The first kappa shape index (κ1) is 24.1. The van der Waals surface area contributed by atoms with Crippen molar-refractivity contribution in [3.63, 3.8) is 0 Å². The standard InChI is InChI=1S/C23H18FI2N3O3/c1-14(30)28-19-8-6-15(7-9-19)23(31)29-27-12-17-10-18(25)11-21(26)22(17)32-13-16-4-2-3-5-20(16)24/h2-12H,13H2,1H3,(H,28,30)(H,29,31)/b27-12-. The Hall–Kier alpha value is -2.54. The normalized spacial score (nSPS) is 10.8. The summed E-state index contributed by atoms with van der Waals surface area (Å²) in [6, 6.07) is 16.7. The molecule has 2 amide bonds. The minimum Gasteiger partial charge on any atom is -0.487 e. The molecule has 0 unspecified atom stereocenters. The van der Waals surface area contributed by atoms with Gasteiger partial charge in [0, 0.05) is 32.9 Å². The molecule has 0 radical (unpaired) electrons. The average Bonchev–Trinajstić information content (AvgIpc) is 2.74. The summed E-state index contributed by atoms with van der Waals surface area (Å²) in [7, 11) is 0. The summed E-state index contributed by atoms with van der Waals surface area (Å²) >= 11 is 4.33. The number of anilines is 1. The molecular weight excluding hydrogens is 639 g/mol. The Bertz CT molecular complexity index is 1170. The lowest BCUT2D eigenvalue weighted by Gasteiger charge is -2.12. The van der Waals surface area contributed by atoms with Crippen LogP contribution in [0.2, 0.25) is 0 Å². The zero-order valence-electron chi connectivity index (χ0n) is 16.9. The van der Waals surface area contributed by atoms with Crippen LogP contribution in [0.1, 0.15) is 28.4 Å². The van der Waals surface area contributed by atoms with Crippen LogP contribution < -0.4 is 15.5 Å². The van der Waals surface area contributed by atoms with Crippen LogP contribution in [0.5, 0.6) is 5.75 Å². The van der Waals surface area contributed by atoms with E-state index in [1.807, 2.05) is 12.1 Å². The van der Waals surface area contributed by atoms with Crippen molar-refractivity contribution >= 4 is 68.9 Å². The highest BCUT2D eigenvalue weighted by Crippen LogP contribution is 2.28. The lowest BCUT2D eigenvalue weighted by atomic mass is 10.2. The van der Waals surface area contributed by atoms with E-state index < -0.39 is 5.91 Å². The first-order chi connectivity index (χ1) is 15.3. The van der Waals surface area contributed by atoms with Crippen LogP contribution in [-0.2, 0) is 11.4 Å². The average molecular weight is 657 g/mol. The maximum atomic E-state index is 13.9. The van der Waals surface area contributed by atoms with E-state index in [9.17, 15) is 14.0 Å². The minimum absolute atomic E-state index is 0.0666. The lowest BCUT2D eigenvalue weighted by Crippen LogP contribution is -2.17. The number of rotatable bonds is 7. The monoisotopic (exact) mass is 657 g/mol. The van der Waals surface area contributed by atoms with Gasteiger partial charge < -0.3 is 10.1 Å². The topological polar surface area (TPSA) is 79.8 Å². The first-order valence-electron chi connectivity index (χ1n) is 9.40. The highest BCUT2D eigenvalue weighted by atomic mass is 127. The van der Waals surface area contributed by atoms with E-state index in [2.05, 4.69) is 61.0 Å². The lowest BCUT2D eigenvalue weighted by molar-refractivity contribution is -0.114. The summed E-state index contributed by atoms with van der Waals surface area (Å²) in [6.45, 7) is 1.48. The Labute approximate surface area is 211 Å². The van der Waals surface area contributed by atoms with Crippen LogP contribution in [-0.4, -0.2) is 18.0 Å². The van der Waals surface area contributed by atoms with Crippen molar-refractivity contribution < 1.29 is 18.7 Å². The largest absolute Gasteiger partial charge is 0.487 e. The van der Waals surface area contributed by atoms with Gasteiger partial charge in [0.05, 0.1) is 9.78 Å². The number of ether oxygens (including phenoxy) is 1. The second-order valence-corrected chi connectivity index (χ2v) is 9.05. The number of hydrogen-bond acceptors (Lipinski definition) is 4. The predicted molar refractivity (Wildman–Crippen MR) is 138 cm³/mol. The molecule has 3 rings (SSSR count). The van der Waals surface area contributed by atoms with Gasteiger partial charge in [0.15, 0.2) is 0 Å². The third-order valence-corrected chi connectivity index (χ3v) is 5.63. The van der Waals surface area contributed by atoms with E-state index in [1.54, 1.807) is 42.5 Å². The minimum atomic E-state index is -0.398. The Morgan fingerprint density at radius 1 is 1.09 bits per heavy atom. The third-order valence-electron chi connectivity index (χ3n) is 4.20. The van der Waals surface area contributed by atoms with Gasteiger partial charge >= 0.3 is 0 Å². The van der Waals surface area contributed by atoms with Crippen molar-refractivity contribution in [1.29, 1.82) is 0 Å². The number of carbonyl (C=O) groups is 2. The Morgan fingerprint density at radius 3 is 2.50 bits per heavy atom. The van der Waals surface area contributed by atoms with Gasteiger partial charge in [-0.15, -0.1) is 0 Å². The Balaban J connectivity index is 1.71. The van der Waals surface area contributed by atoms with E-state index in [1.165, 1.54) is 19.2 Å². The molecule has 3 aromatic carbocycles. The molecule has 6 nitrogen and oxygen atoms in total. The summed E-state index contributed by atoms with van der Waals surface area (Å²) in [5.41, 5.74) is 4.57. The van der Waals surface area contributed by atoms with Gasteiger partial charge in [0.2, 0.25) is 5.91 Å². The molecule has 0 atom stereocenters. The molecule has 0 aliphatic carbocycles. The van der Waals surface area contributed by atoms with E-state index in [-0.39, 0.29) is 18.3 Å². The van der Waals surface area contributed by atoms with Crippen molar-refractivity contribution in [1.82, 2.24) is 5.43 Å². The van der Waals surface area contributed by atoms with E-state index >= 15 is 0 Å². The highest BCUT2D eigenvalue weighted by Gasteiger charge is 2.11. The molecule has 9 heteroatoms. The zero-order chi connectivity index (χ0) is 23.1. The van der Waals surface area contributed by atoms with Crippen LogP contribution in [0.4, 0.5) is 10.1 Å². The quantitative estimate of drug-likeness (QED) is 0.205. The van der Waals surface area contributed by atoms with E-state index in [0.29, 0.717) is 28.1 Å². The molecule has 0 spiro atoms. The SMILES string of the molecule is CC(=O)Nc1ccc(C(=O)N/N=C\c2cc(I)cc(I)c2OCc2ccccc2F)cc1. The van der Waals surface area contributed by atoms with Gasteiger partial charge in [-0.05, 0) is 87.6 Å². The number of hydrazone groups is 1. The summed E-state index contributed by atoms with van der Waals surface area (Å²) in [4.78, 5) is 23.4. The van der Waals surface area contributed by atoms with Gasteiger partial charge in [0.1, 0.15) is 18.2 Å². The van der Waals surface area contributed by atoms with Crippen LogP contribution in [0.25, 0.3) is 0 Å². The molecular formula is C23H18FI2N3O3. The number of carbonyl (C=O) groups excluding carboxylic acids is 2. The number of nitrogens with zero attached hydrogens (tertiary/aromatic N) is 1. The summed E-state index contributed by atoms with van der Waals surface area (Å²) < 4.78 is 21.6. The fourth-order valence-corrected chi connectivity index (χ4v) is 4.77. The zero-order valence-corrected chi connectivity index (χ0v) is 21.2. The van der Waals surface area contributed by atoms with Gasteiger partial charge in [-0.25, -0.2) is 9.82 Å². The molecule has 0 bridgehead atoms. The van der Waals surface area contributed by atoms with Crippen molar-refractivity contribution in [2.45, 2.75) is 13.5 Å². The first-order valence-corrected chi connectivity index (χ1v) is 11.6. The van der Waals surface area contributed by atoms with Gasteiger partial charge in [-0.3, -0.25) is 9.59 Å². The molecule has 0 fully saturated rings. The fourth-order valence-electron chi connectivity index (χ4n) is 2.73.